The molecule has 0 saturated carbocycles. The highest BCUT2D eigenvalue weighted by Gasteiger charge is 2.26. The molecule has 1 aliphatic rings. The first kappa shape index (κ1) is 19.5. The number of likely N-dealkylation sites (N-methyl/N-ethyl adjacent to an activating group) is 1. The number of carbonyl (C=O) groups is 2. The van der Waals surface area contributed by atoms with Crippen LogP contribution < -0.4 is 5.73 Å². The van der Waals surface area contributed by atoms with Gasteiger partial charge < -0.3 is 15.1 Å². The minimum absolute atomic E-state index is 0.00966. The predicted octanol–water partition coefficient (Wildman–Crippen LogP) is 2.76. The van der Waals surface area contributed by atoms with Gasteiger partial charge in [-0.1, -0.05) is 11.6 Å². The summed E-state index contributed by atoms with van der Waals surface area (Å²) < 4.78 is 5.86. The molecule has 0 radical (unpaired) electrons. The third-order valence-corrected chi connectivity index (χ3v) is 5.13. The van der Waals surface area contributed by atoms with Crippen LogP contribution in [0.4, 0.5) is 0 Å². The third kappa shape index (κ3) is 5.11. The Hall–Kier alpha value is -2.31. The molecule has 1 atom stereocenters. The van der Waals surface area contributed by atoms with Crippen LogP contribution in [0.1, 0.15) is 18.6 Å². The Morgan fingerprint density at radius 3 is 2.70 bits per heavy atom. The molecule has 1 aromatic heterocycles. The van der Waals surface area contributed by atoms with Crippen LogP contribution in [0.15, 0.2) is 40.8 Å². The highest BCUT2D eigenvalue weighted by Crippen LogP contribution is 2.24. The summed E-state index contributed by atoms with van der Waals surface area (Å²) in [5.74, 6) is 0.992. The molecule has 0 aliphatic carbocycles. The molecule has 27 heavy (non-hydrogen) atoms. The summed E-state index contributed by atoms with van der Waals surface area (Å²) in [5.41, 5.74) is 6.34. The second-order valence-corrected chi connectivity index (χ2v) is 7.44. The average molecular weight is 390 g/mol. The molecule has 2 amide bonds. The van der Waals surface area contributed by atoms with Gasteiger partial charge in [0, 0.05) is 24.2 Å². The number of carbonyl (C=O) groups excluding carboxylic acids is 2. The van der Waals surface area contributed by atoms with Gasteiger partial charge in [-0.15, -0.1) is 0 Å². The van der Waals surface area contributed by atoms with Gasteiger partial charge in [0.25, 0.3) is 0 Å². The van der Waals surface area contributed by atoms with Crippen LogP contribution in [-0.2, 0) is 16.1 Å². The molecule has 7 heteroatoms. The number of piperidine rings is 1. The SMILES string of the molecule is CN(Cc1ccc(-c2ccc(Cl)cc2)o1)C(=O)CN1CCC[C@H](C(N)=O)C1. The van der Waals surface area contributed by atoms with Gasteiger partial charge in [0.1, 0.15) is 11.5 Å². The topological polar surface area (TPSA) is 79.8 Å². The van der Waals surface area contributed by atoms with Crippen LogP contribution in [0.25, 0.3) is 11.3 Å². The van der Waals surface area contributed by atoms with Crippen LogP contribution in [0.3, 0.4) is 0 Å². The van der Waals surface area contributed by atoms with Crippen molar-refractivity contribution in [2.24, 2.45) is 11.7 Å². The van der Waals surface area contributed by atoms with Gasteiger partial charge in [-0.05, 0) is 55.8 Å². The smallest absolute Gasteiger partial charge is 0.236 e. The van der Waals surface area contributed by atoms with E-state index in [4.69, 9.17) is 21.8 Å². The highest BCUT2D eigenvalue weighted by molar-refractivity contribution is 6.30. The van der Waals surface area contributed by atoms with E-state index in [9.17, 15) is 9.59 Å². The highest BCUT2D eigenvalue weighted by atomic mass is 35.5. The molecule has 0 bridgehead atoms. The van der Waals surface area contributed by atoms with Gasteiger partial charge in [-0.25, -0.2) is 0 Å². The Morgan fingerprint density at radius 2 is 2.00 bits per heavy atom. The second kappa shape index (κ2) is 8.59. The molecule has 2 aromatic rings. The molecule has 1 fully saturated rings. The van der Waals surface area contributed by atoms with Crippen molar-refractivity contribution in [3.8, 4) is 11.3 Å². The lowest BCUT2D eigenvalue weighted by atomic mass is 9.97. The summed E-state index contributed by atoms with van der Waals surface area (Å²) in [4.78, 5) is 27.5. The van der Waals surface area contributed by atoms with Crippen molar-refractivity contribution in [2.75, 3.05) is 26.7 Å². The number of rotatable bonds is 6. The van der Waals surface area contributed by atoms with Crippen molar-refractivity contribution in [2.45, 2.75) is 19.4 Å². The Labute approximate surface area is 163 Å². The van der Waals surface area contributed by atoms with Crippen LogP contribution >= 0.6 is 11.6 Å². The van der Waals surface area contributed by atoms with Gasteiger partial charge >= 0.3 is 0 Å². The Kier molecular flexibility index (Phi) is 6.19. The van der Waals surface area contributed by atoms with Crippen LogP contribution in [0.2, 0.25) is 5.02 Å². The van der Waals surface area contributed by atoms with E-state index in [0.717, 1.165) is 30.7 Å². The third-order valence-electron chi connectivity index (χ3n) is 4.88. The van der Waals surface area contributed by atoms with Crippen LogP contribution in [0, 0.1) is 5.92 Å². The summed E-state index contributed by atoms with van der Waals surface area (Å²) in [6.07, 6.45) is 1.68. The lowest BCUT2D eigenvalue weighted by Gasteiger charge is -2.31. The van der Waals surface area contributed by atoms with Gasteiger partial charge in [0.05, 0.1) is 19.0 Å². The minimum Gasteiger partial charge on any atom is -0.459 e. The number of nitrogens with two attached hydrogens (primary N) is 1. The molecule has 1 aromatic carbocycles. The number of hydrogen-bond acceptors (Lipinski definition) is 4. The first-order valence-corrected chi connectivity index (χ1v) is 9.40. The van der Waals surface area contributed by atoms with Crippen molar-refractivity contribution in [1.29, 1.82) is 0 Å². The van der Waals surface area contributed by atoms with Crippen molar-refractivity contribution in [1.82, 2.24) is 9.80 Å². The number of nitrogens with zero attached hydrogens (tertiary/aromatic N) is 2. The van der Waals surface area contributed by atoms with E-state index >= 15 is 0 Å². The number of hydrogen-bond donors (Lipinski definition) is 1. The fourth-order valence-electron chi connectivity index (χ4n) is 3.30. The average Bonchev–Trinajstić information content (AvgIpc) is 3.11. The van der Waals surface area contributed by atoms with Gasteiger partial charge in [0.15, 0.2) is 0 Å². The molecular weight excluding hydrogens is 366 g/mol. The first-order valence-electron chi connectivity index (χ1n) is 9.02. The normalized spacial score (nSPS) is 17.6. The van der Waals surface area contributed by atoms with E-state index < -0.39 is 0 Å². The lowest BCUT2D eigenvalue weighted by Crippen LogP contribution is -2.45. The van der Waals surface area contributed by atoms with Crippen molar-refractivity contribution in [3.63, 3.8) is 0 Å². The Morgan fingerprint density at radius 1 is 1.26 bits per heavy atom. The van der Waals surface area contributed by atoms with E-state index in [1.165, 1.54) is 0 Å². The zero-order valence-corrected chi connectivity index (χ0v) is 16.1. The quantitative estimate of drug-likeness (QED) is 0.823. The number of benzene rings is 1. The molecule has 2 heterocycles. The molecular formula is C20H24ClN3O3. The van der Waals surface area contributed by atoms with Crippen LogP contribution in [0.5, 0.6) is 0 Å². The number of likely N-dealkylation sites (tertiary alicyclic amines) is 1. The first-order chi connectivity index (χ1) is 12.9. The number of primary amides is 1. The lowest BCUT2D eigenvalue weighted by molar-refractivity contribution is -0.133. The van der Waals surface area contributed by atoms with Gasteiger partial charge in [-0.2, -0.15) is 0 Å². The zero-order valence-electron chi connectivity index (χ0n) is 15.4. The summed E-state index contributed by atoms with van der Waals surface area (Å²) in [6, 6.07) is 11.2. The van der Waals surface area contributed by atoms with Crippen molar-refractivity contribution < 1.29 is 14.0 Å². The van der Waals surface area contributed by atoms with Crippen molar-refractivity contribution in [3.05, 3.63) is 47.2 Å². The van der Waals surface area contributed by atoms with Gasteiger partial charge in [0.2, 0.25) is 11.8 Å². The number of amides is 2. The van der Waals surface area contributed by atoms with Crippen LogP contribution in [-0.4, -0.2) is 48.3 Å². The minimum atomic E-state index is -0.286. The molecule has 1 saturated heterocycles. The summed E-state index contributed by atoms with van der Waals surface area (Å²) in [7, 11) is 1.75. The summed E-state index contributed by atoms with van der Waals surface area (Å²) in [6.45, 7) is 2.03. The monoisotopic (exact) mass is 389 g/mol. The van der Waals surface area contributed by atoms with Crippen molar-refractivity contribution >= 4 is 23.4 Å². The largest absolute Gasteiger partial charge is 0.459 e. The fraction of sp³-hybridized carbons (Fsp3) is 0.400. The summed E-state index contributed by atoms with van der Waals surface area (Å²) in [5, 5.41) is 0.673. The molecule has 144 valence electrons. The maximum atomic E-state index is 12.5. The van der Waals surface area contributed by atoms with E-state index in [0.29, 0.717) is 23.9 Å². The standard InChI is InChI=1S/C20H24ClN3O3/c1-23(19(25)13-24-10-2-3-15(11-24)20(22)26)12-17-8-9-18(27-17)14-4-6-16(21)7-5-14/h4-9,15H,2-3,10-13H2,1H3,(H2,22,26)/t15-/m0/s1. The number of furan rings is 1. The van der Waals surface area contributed by atoms with E-state index in [1.54, 1.807) is 11.9 Å². The van der Waals surface area contributed by atoms with E-state index in [2.05, 4.69) is 0 Å². The van der Waals surface area contributed by atoms with E-state index in [1.807, 2.05) is 41.3 Å². The predicted molar refractivity (Wildman–Crippen MR) is 104 cm³/mol. The Bertz CT molecular complexity index is 803. The molecule has 3 rings (SSSR count). The summed E-state index contributed by atoms with van der Waals surface area (Å²) >= 11 is 5.91. The molecule has 0 unspecified atom stereocenters. The second-order valence-electron chi connectivity index (χ2n) is 7.00. The number of halogens is 1. The molecule has 1 aliphatic heterocycles. The Balaban J connectivity index is 1.55. The fourth-order valence-corrected chi connectivity index (χ4v) is 3.42. The molecule has 6 nitrogen and oxygen atoms in total. The maximum Gasteiger partial charge on any atom is 0.236 e. The molecule has 2 N–H and O–H groups in total. The zero-order chi connectivity index (χ0) is 19.4. The van der Waals surface area contributed by atoms with Gasteiger partial charge in [-0.3, -0.25) is 14.5 Å². The molecule has 0 spiro atoms. The van der Waals surface area contributed by atoms with E-state index in [-0.39, 0.29) is 24.3 Å². The maximum absolute atomic E-state index is 12.5.